The molecule has 0 amide bonds. The van der Waals surface area contributed by atoms with Crippen LogP contribution in [0.1, 0.15) is 29.3 Å². The SMILES string of the molecule is CC(=O)C(Br)c1cccc(C(F)F)c1Br. The predicted octanol–water partition coefficient (Wildman–Crippen LogP) is 4.41. The Morgan fingerprint density at radius 1 is 1.33 bits per heavy atom. The fourth-order valence-corrected chi connectivity index (χ4v) is 2.51. The Labute approximate surface area is 103 Å². The molecule has 0 aliphatic carbocycles. The van der Waals surface area contributed by atoms with Gasteiger partial charge in [-0.25, -0.2) is 8.78 Å². The lowest BCUT2D eigenvalue weighted by Gasteiger charge is -2.12. The monoisotopic (exact) mass is 340 g/mol. The van der Waals surface area contributed by atoms with Gasteiger partial charge in [-0.3, -0.25) is 4.79 Å². The van der Waals surface area contributed by atoms with Crippen LogP contribution >= 0.6 is 31.9 Å². The van der Waals surface area contributed by atoms with Gasteiger partial charge in [-0.05, 0) is 28.4 Å². The van der Waals surface area contributed by atoms with E-state index >= 15 is 0 Å². The molecule has 0 saturated heterocycles. The Balaban J connectivity index is 3.21. The van der Waals surface area contributed by atoms with Crippen molar-refractivity contribution in [2.24, 2.45) is 0 Å². The number of halogens is 4. The quantitative estimate of drug-likeness (QED) is 0.744. The van der Waals surface area contributed by atoms with E-state index in [9.17, 15) is 13.6 Å². The Bertz CT molecular complexity index is 380. The highest BCUT2D eigenvalue weighted by Gasteiger charge is 2.20. The van der Waals surface area contributed by atoms with E-state index in [0.717, 1.165) is 0 Å². The van der Waals surface area contributed by atoms with Crippen molar-refractivity contribution in [3.63, 3.8) is 0 Å². The highest BCUT2D eigenvalue weighted by molar-refractivity contribution is 9.11. The first-order valence-corrected chi connectivity index (χ1v) is 5.87. The summed E-state index contributed by atoms with van der Waals surface area (Å²) in [6, 6.07) is 4.48. The lowest BCUT2D eigenvalue weighted by atomic mass is 10.1. The van der Waals surface area contributed by atoms with Crippen LogP contribution in [-0.4, -0.2) is 5.78 Å². The second-order valence-corrected chi connectivity index (χ2v) is 4.73. The molecule has 0 heterocycles. The normalized spacial score (nSPS) is 12.9. The van der Waals surface area contributed by atoms with Gasteiger partial charge in [0, 0.05) is 10.0 Å². The molecule has 1 unspecified atom stereocenters. The van der Waals surface area contributed by atoms with Crippen LogP contribution in [0.3, 0.4) is 0 Å². The van der Waals surface area contributed by atoms with Gasteiger partial charge in [-0.15, -0.1) is 0 Å². The first-order valence-electron chi connectivity index (χ1n) is 4.16. The topological polar surface area (TPSA) is 17.1 Å². The molecule has 1 rings (SSSR count). The second kappa shape index (κ2) is 5.16. The molecule has 0 N–H and O–H groups in total. The molecule has 1 nitrogen and oxygen atoms in total. The largest absolute Gasteiger partial charge is 0.298 e. The van der Waals surface area contributed by atoms with E-state index in [4.69, 9.17) is 0 Å². The molecular formula is C10H8Br2F2O. The summed E-state index contributed by atoms with van der Waals surface area (Å²) in [5, 5.41) is 0. The van der Waals surface area contributed by atoms with Crippen LogP contribution in [0.2, 0.25) is 0 Å². The van der Waals surface area contributed by atoms with E-state index in [2.05, 4.69) is 31.9 Å². The second-order valence-electron chi connectivity index (χ2n) is 3.02. The molecular weight excluding hydrogens is 334 g/mol. The van der Waals surface area contributed by atoms with Gasteiger partial charge in [0.05, 0.1) is 4.83 Å². The first-order chi connectivity index (χ1) is 6.95. The third-order valence-corrected chi connectivity index (χ3v) is 3.98. The van der Waals surface area contributed by atoms with Crippen LogP contribution < -0.4 is 0 Å². The van der Waals surface area contributed by atoms with Crippen LogP contribution in [-0.2, 0) is 4.79 Å². The first kappa shape index (κ1) is 12.8. The summed E-state index contributed by atoms with van der Waals surface area (Å²) in [5.41, 5.74) is 0.429. The molecule has 1 aromatic rings. The summed E-state index contributed by atoms with van der Waals surface area (Å²) in [7, 11) is 0. The maximum absolute atomic E-state index is 12.5. The van der Waals surface area contributed by atoms with Gasteiger partial charge < -0.3 is 0 Å². The highest BCUT2D eigenvalue weighted by atomic mass is 79.9. The number of ketones is 1. The molecule has 0 aromatic heterocycles. The van der Waals surface area contributed by atoms with E-state index in [1.807, 2.05) is 0 Å². The van der Waals surface area contributed by atoms with Crippen molar-refractivity contribution in [3.05, 3.63) is 33.8 Å². The Kier molecular flexibility index (Phi) is 4.40. The number of hydrogen-bond acceptors (Lipinski definition) is 1. The minimum atomic E-state index is -2.55. The average molecular weight is 342 g/mol. The summed E-state index contributed by atoms with van der Waals surface area (Å²) >= 11 is 6.25. The number of alkyl halides is 3. The summed E-state index contributed by atoms with van der Waals surface area (Å²) in [6.07, 6.45) is -2.55. The molecule has 15 heavy (non-hydrogen) atoms. The van der Waals surface area contributed by atoms with Crippen molar-refractivity contribution < 1.29 is 13.6 Å². The lowest BCUT2D eigenvalue weighted by molar-refractivity contribution is -0.116. The summed E-state index contributed by atoms with van der Waals surface area (Å²) in [5.74, 6) is -0.123. The van der Waals surface area contributed by atoms with Crippen molar-refractivity contribution in [2.75, 3.05) is 0 Å². The molecule has 0 radical (unpaired) electrons. The van der Waals surface area contributed by atoms with Crippen LogP contribution in [0.15, 0.2) is 22.7 Å². The number of carbonyl (C=O) groups excluding carboxylic acids is 1. The Morgan fingerprint density at radius 2 is 1.87 bits per heavy atom. The summed E-state index contributed by atoms with van der Waals surface area (Å²) < 4.78 is 25.4. The maximum Gasteiger partial charge on any atom is 0.264 e. The van der Waals surface area contributed by atoms with E-state index in [0.29, 0.717) is 5.56 Å². The molecule has 1 aromatic carbocycles. The van der Waals surface area contributed by atoms with E-state index in [1.165, 1.54) is 19.1 Å². The molecule has 82 valence electrons. The van der Waals surface area contributed by atoms with Gasteiger partial charge in [0.25, 0.3) is 6.43 Å². The van der Waals surface area contributed by atoms with E-state index < -0.39 is 11.3 Å². The third kappa shape index (κ3) is 2.84. The fourth-order valence-electron chi connectivity index (χ4n) is 1.15. The van der Waals surface area contributed by atoms with Crippen molar-refractivity contribution in [1.82, 2.24) is 0 Å². The molecule has 0 saturated carbocycles. The number of rotatable bonds is 3. The number of carbonyl (C=O) groups is 1. The van der Waals surface area contributed by atoms with Crippen molar-refractivity contribution in [2.45, 2.75) is 18.2 Å². The van der Waals surface area contributed by atoms with Crippen LogP contribution in [0.5, 0.6) is 0 Å². The molecule has 5 heteroatoms. The highest BCUT2D eigenvalue weighted by Crippen LogP contribution is 2.36. The van der Waals surface area contributed by atoms with Gasteiger partial charge in [0.1, 0.15) is 5.78 Å². The van der Waals surface area contributed by atoms with E-state index in [1.54, 1.807) is 6.07 Å². The minimum Gasteiger partial charge on any atom is -0.298 e. The van der Waals surface area contributed by atoms with Crippen LogP contribution in [0.25, 0.3) is 0 Å². The van der Waals surface area contributed by atoms with Gasteiger partial charge >= 0.3 is 0 Å². The molecule has 0 aliphatic rings. The van der Waals surface area contributed by atoms with Crippen molar-refractivity contribution >= 4 is 37.6 Å². The Morgan fingerprint density at radius 3 is 2.33 bits per heavy atom. The summed E-state index contributed by atoms with van der Waals surface area (Å²) in [6.45, 7) is 1.40. The molecule has 0 spiro atoms. The summed E-state index contributed by atoms with van der Waals surface area (Å²) in [4.78, 5) is 10.6. The van der Waals surface area contributed by atoms with E-state index in [-0.39, 0.29) is 15.8 Å². The molecule has 0 fully saturated rings. The average Bonchev–Trinajstić information content (AvgIpc) is 2.16. The molecule has 1 atom stereocenters. The predicted molar refractivity (Wildman–Crippen MR) is 61.4 cm³/mol. The van der Waals surface area contributed by atoms with Crippen molar-refractivity contribution in [1.29, 1.82) is 0 Å². The molecule has 0 aliphatic heterocycles. The van der Waals surface area contributed by atoms with Crippen LogP contribution in [0, 0.1) is 0 Å². The number of Topliss-reactive ketones (excluding diaryl/α,β-unsaturated/α-hetero) is 1. The van der Waals surface area contributed by atoms with Crippen LogP contribution in [0.4, 0.5) is 8.78 Å². The number of hydrogen-bond donors (Lipinski definition) is 0. The fraction of sp³-hybridized carbons (Fsp3) is 0.300. The van der Waals surface area contributed by atoms with Gasteiger partial charge in [0.2, 0.25) is 0 Å². The minimum absolute atomic E-state index is 0.0989. The Hall–Kier alpha value is -0.290. The molecule has 0 bridgehead atoms. The standard InChI is InChI=1S/C10H8Br2F2O/c1-5(15)8(11)6-3-2-4-7(9(6)12)10(13)14/h2-4,8,10H,1H3. The zero-order valence-corrected chi connectivity index (χ0v) is 11.0. The number of benzene rings is 1. The van der Waals surface area contributed by atoms with Gasteiger partial charge in [-0.1, -0.05) is 34.1 Å². The zero-order chi connectivity index (χ0) is 11.6. The zero-order valence-electron chi connectivity index (χ0n) is 7.81. The van der Waals surface area contributed by atoms with Gasteiger partial charge in [0.15, 0.2) is 0 Å². The van der Waals surface area contributed by atoms with Crippen molar-refractivity contribution in [3.8, 4) is 0 Å². The maximum atomic E-state index is 12.5. The lowest BCUT2D eigenvalue weighted by Crippen LogP contribution is -2.03. The smallest absolute Gasteiger partial charge is 0.264 e. The third-order valence-electron chi connectivity index (χ3n) is 1.92. The van der Waals surface area contributed by atoms with Gasteiger partial charge in [-0.2, -0.15) is 0 Å².